The molecule has 1 aliphatic carbocycles. The Kier molecular flexibility index (Phi) is 1.94. The van der Waals surface area contributed by atoms with Crippen LogP contribution in [0.1, 0.15) is 32.1 Å². The van der Waals surface area contributed by atoms with E-state index in [0.29, 0.717) is 12.8 Å². The third kappa shape index (κ3) is 1.29. The summed E-state index contributed by atoms with van der Waals surface area (Å²) in [7, 11) is 0. The van der Waals surface area contributed by atoms with E-state index in [2.05, 4.69) is 0 Å². The van der Waals surface area contributed by atoms with Crippen LogP contribution in [0.25, 0.3) is 0 Å². The first-order valence-electron chi connectivity index (χ1n) is 3.65. The van der Waals surface area contributed by atoms with Crippen molar-refractivity contribution in [3.63, 3.8) is 0 Å². The standard InChI is InChI=1S/C7H13NO2/c8-7(6(9)10)4-2-1-3-5-7/h1-5,8H2,(H,9,10)/p-1. The molecule has 1 fully saturated rings. The fourth-order valence-corrected chi connectivity index (χ4v) is 1.39. The Morgan fingerprint density at radius 3 is 2.10 bits per heavy atom. The van der Waals surface area contributed by atoms with E-state index in [9.17, 15) is 9.90 Å². The van der Waals surface area contributed by atoms with Crippen molar-refractivity contribution in [2.24, 2.45) is 5.73 Å². The Balaban J connectivity index is 2.56. The number of rotatable bonds is 1. The quantitative estimate of drug-likeness (QED) is 0.531. The van der Waals surface area contributed by atoms with E-state index >= 15 is 0 Å². The minimum Gasteiger partial charge on any atom is -0.548 e. The predicted molar refractivity (Wildman–Crippen MR) is 35.0 cm³/mol. The van der Waals surface area contributed by atoms with Crippen molar-refractivity contribution in [2.45, 2.75) is 37.6 Å². The van der Waals surface area contributed by atoms with E-state index in [0.717, 1.165) is 19.3 Å². The average molecular weight is 142 g/mol. The fourth-order valence-electron chi connectivity index (χ4n) is 1.39. The van der Waals surface area contributed by atoms with Crippen molar-refractivity contribution in [1.29, 1.82) is 0 Å². The molecule has 0 aromatic heterocycles. The zero-order valence-electron chi connectivity index (χ0n) is 5.93. The number of hydrogen-bond donors (Lipinski definition) is 1. The topological polar surface area (TPSA) is 66.2 Å². The minimum absolute atomic E-state index is 0.579. The maximum atomic E-state index is 10.4. The maximum absolute atomic E-state index is 10.4. The van der Waals surface area contributed by atoms with Crippen molar-refractivity contribution < 1.29 is 9.90 Å². The van der Waals surface area contributed by atoms with Crippen molar-refractivity contribution in [3.8, 4) is 0 Å². The summed E-state index contributed by atoms with van der Waals surface area (Å²) < 4.78 is 0. The first-order chi connectivity index (χ1) is 4.65. The van der Waals surface area contributed by atoms with Crippen LogP contribution in [0.4, 0.5) is 0 Å². The lowest BCUT2D eigenvalue weighted by atomic mass is 9.83. The Morgan fingerprint density at radius 1 is 1.30 bits per heavy atom. The lowest BCUT2D eigenvalue weighted by Gasteiger charge is -2.33. The molecular formula is C7H12NO2-. The van der Waals surface area contributed by atoms with Crippen LogP contribution in [0.5, 0.6) is 0 Å². The number of nitrogens with two attached hydrogens (primary N) is 1. The number of carbonyl (C=O) groups is 1. The minimum atomic E-state index is -1.09. The van der Waals surface area contributed by atoms with E-state index in [1.807, 2.05) is 0 Å². The van der Waals surface area contributed by atoms with Gasteiger partial charge in [-0.25, -0.2) is 0 Å². The van der Waals surface area contributed by atoms with Crippen LogP contribution in [0, 0.1) is 0 Å². The van der Waals surface area contributed by atoms with Crippen molar-refractivity contribution in [1.82, 2.24) is 0 Å². The second-order valence-electron chi connectivity index (χ2n) is 3.00. The summed E-state index contributed by atoms with van der Waals surface area (Å²) in [6.07, 6.45) is 4.10. The Morgan fingerprint density at radius 2 is 1.80 bits per heavy atom. The van der Waals surface area contributed by atoms with Gasteiger partial charge in [0.15, 0.2) is 0 Å². The predicted octanol–water partition coefficient (Wildman–Crippen LogP) is -0.602. The first kappa shape index (κ1) is 7.54. The zero-order valence-corrected chi connectivity index (χ0v) is 5.93. The van der Waals surface area contributed by atoms with Gasteiger partial charge in [-0.15, -0.1) is 0 Å². The molecule has 3 heteroatoms. The second kappa shape index (κ2) is 2.58. The van der Waals surface area contributed by atoms with Crippen LogP contribution in [-0.2, 0) is 4.79 Å². The summed E-state index contributed by atoms with van der Waals surface area (Å²) in [6.45, 7) is 0. The van der Waals surface area contributed by atoms with Crippen LogP contribution in [0.2, 0.25) is 0 Å². The number of hydrogen-bond acceptors (Lipinski definition) is 3. The van der Waals surface area contributed by atoms with Crippen LogP contribution in [0.15, 0.2) is 0 Å². The lowest BCUT2D eigenvalue weighted by Crippen LogP contribution is -2.56. The number of aliphatic carboxylic acids is 1. The molecule has 0 aliphatic heterocycles. The Hall–Kier alpha value is -0.570. The van der Waals surface area contributed by atoms with Gasteiger partial charge in [0.2, 0.25) is 0 Å². The highest BCUT2D eigenvalue weighted by molar-refractivity contribution is 5.76. The van der Waals surface area contributed by atoms with E-state index < -0.39 is 11.5 Å². The van der Waals surface area contributed by atoms with Gasteiger partial charge >= 0.3 is 0 Å². The molecule has 0 bridgehead atoms. The van der Waals surface area contributed by atoms with Gasteiger partial charge in [-0.05, 0) is 12.8 Å². The largest absolute Gasteiger partial charge is 0.548 e. The second-order valence-corrected chi connectivity index (χ2v) is 3.00. The van der Waals surface area contributed by atoms with E-state index in [-0.39, 0.29) is 0 Å². The molecule has 1 rings (SSSR count). The van der Waals surface area contributed by atoms with Gasteiger partial charge in [-0.2, -0.15) is 0 Å². The summed E-state index contributed by atoms with van der Waals surface area (Å²) in [5.41, 5.74) is 4.52. The molecule has 0 atom stereocenters. The number of carboxylic acids is 1. The SMILES string of the molecule is NC1(C(=O)[O-])CCCCC1. The van der Waals surface area contributed by atoms with Crippen LogP contribution < -0.4 is 10.8 Å². The van der Waals surface area contributed by atoms with E-state index in [4.69, 9.17) is 5.73 Å². The molecule has 58 valence electrons. The molecular weight excluding hydrogens is 130 g/mol. The van der Waals surface area contributed by atoms with Gasteiger partial charge in [0.1, 0.15) is 0 Å². The third-order valence-corrected chi connectivity index (χ3v) is 2.15. The van der Waals surface area contributed by atoms with E-state index in [1.54, 1.807) is 0 Å². The average Bonchev–Trinajstić information content (AvgIpc) is 1.89. The normalized spacial score (nSPS) is 24.1. The summed E-state index contributed by atoms with van der Waals surface area (Å²) in [6, 6.07) is 0. The highest BCUT2D eigenvalue weighted by Crippen LogP contribution is 2.24. The smallest absolute Gasteiger partial charge is 0.0613 e. The summed E-state index contributed by atoms with van der Waals surface area (Å²) in [5.74, 6) is -1.09. The molecule has 1 aliphatic rings. The van der Waals surface area contributed by atoms with Gasteiger partial charge in [-0.3, -0.25) is 0 Å². The van der Waals surface area contributed by atoms with Crippen molar-refractivity contribution in [2.75, 3.05) is 0 Å². The van der Waals surface area contributed by atoms with Crippen LogP contribution in [-0.4, -0.2) is 11.5 Å². The molecule has 0 saturated heterocycles. The van der Waals surface area contributed by atoms with Crippen LogP contribution in [0.3, 0.4) is 0 Å². The summed E-state index contributed by atoms with van der Waals surface area (Å²) >= 11 is 0. The van der Waals surface area contributed by atoms with E-state index in [1.165, 1.54) is 0 Å². The Bertz CT molecular complexity index is 139. The Labute approximate surface area is 60.2 Å². The molecule has 10 heavy (non-hydrogen) atoms. The lowest BCUT2D eigenvalue weighted by molar-refractivity contribution is -0.314. The molecule has 2 N–H and O–H groups in total. The summed E-state index contributed by atoms with van der Waals surface area (Å²) in [5, 5.41) is 10.4. The number of carbonyl (C=O) groups excluding carboxylic acids is 1. The van der Waals surface area contributed by atoms with Crippen molar-refractivity contribution in [3.05, 3.63) is 0 Å². The molecule has 0 aromatic rings. The van der Waals surface area contributed by atoms with Gasteiger partial charge in [-0.1, -0.05) is 19.3 Å². The van der Waals surface area contributed by atoms with Crippen molar-refractivity contribution >= 4 is 5.97 Å². The molecule has 0 radical (unpaired) electrons. The molecule has 0 heterocycles. The zero-order chi connectivity index (χ0) is 7.61. The molecule has 0 unspecified atom stereocenters. The molecule has 0 spiro atoms. The monoisotopic (exact) mass is 142 g/mol. The summed E-state index contributed by atoms with van der Waals surface area (Å²) in [4.78, 5) is 10.4. The fraction of sp³-hybridized carbons (Fsp3) is 0.857. The first-order valence-corrected chi connectivity index (χ1v) is 3.65. The third-order valence-electron chi connectivity index (χ3n) is 2.15. The molecule has 1 saturated carbocycles. The maximum Gasteiger partial charge on any atom is 0.0613 e. The molecule has 0 amide bonds. The number of carboxylic acid groups (broad SMARTS) is 1. The molecule has 0 aromatic carbocycles. The van der Waals surface area contributed by atoms with Crippen LogP contribution >= 0.6 is 0 Å². The molecule has 3 nitrogen and oxygen atoms in total. The highest BCUT2D eigenvalue weighted by Gasteiger charge is 2.28. The van der Waals surface area contributed by atoms with Gasteiger partial charge < -0.3 is 15.6 Å². The highest BCUT2D eigenvalue weighted by atomic mass is 16.4. The van der Waals surface area contributed by atoms with Gasteiger partial charge in [0, 0.05) is 0 Å². The van der Waals surface area contributed by atoms with Gasteiger partial charge in [0.05, 0.1) is 11.5 Å². The van der Waals surface area contributed by atoms with Gasteiger partial charge in [0.25, 0.3) is 0 Å².